The fraction of sp³-hybridized carbons (Fsp3) is 0.455. The van der Waals surface area contributed by atoms with Crippen LogP contribution in [-0.2, 0) is 21.3 Å². The summed E-state index contributed by atoms with van der Waals surface area (Å²) in [5, 5.41) is 0.322. The summed E-state index contributed by atoms with van der Waals surface area (Å²) in [6.07, 6.45) is -2.56. The normalized spacial score (nSPS) is 10.6. The molecule has 0 radical (unpaired) electrons. The van der Waals surface area contributed by atoms with Gasteiger partial charge in [-0.15, -0.1) is 0 Å². The molecule has 1 heterocycles. The van der Waals surface area contributed by atoms with Gasteiger partial charge in [-0.3, -0.25) is 9.78 Å². The maximum absolute atomic E-state index is 12.4. The maximum Gasteiger partial charge on any atom is 0.310 e. The van der Waals surface area contributed by atoms with Crippen molar-refractivity contribution in [2.24, 2.45) is 0 Å². The second-order valence-corrected chi connectivity index (χ2v) is 3.82. The average molecular weight is 308 g/mol. The highest BCUT2D eigenvalue weighted by Crippen LogP contribution is 2.20. The van der Waals surface area contributed by atoms with Gasteiger partial charge < -0.3 is 4.74 Å². The summed E-state index contributed by atoms with van der Waals surface area (Å²) in [6, 6.07) is 2.72. The zero-order valence-corrected chi connectivity index (χ0v) is 10.8. The number of esters is 1. The number of aromatic nitrogens is 1. The van der Waals surface area contributed by atoms with Crippen LogP contribution in [0, 0.1) is 0 Å². The summed E-state index contributed by atoms with van der Waals surface area (Å²) in [5.74, 6) is -0.388. The van der Waals surface area contributed by atoms with E-state index in [0.29, 0.717) is 23.2 Å². The summed E-state index contributed by atoms with van der Waals surface area (Å²) >= 11 is 3.16. The van der Waals surface area contributed by atoms with Gasteiger partial charge in [0.15, 0.2) is 0 Å². The van der Waals surface area contributed by atoms with Gasteiger partial charge >= 0.3 is 5.97 Å². The van der Waals surface area contributed by atoms with Crippen molar-refractivity contribution in [1.29, 1.82) is 0 Å². The number of carbonyl (C=O) groups is 1. The smallest absolute Gasteiger partial charge is 0.310 e. The van der Waals surface area contributed by atoms with Gasteiger partial charge in [-0.25, -0.2) is 8.78 Å². The Bertz CT molecular complexity index is 399. The van der Waals surface area contributed by atoms with Gasteiger partial charge in [0.1, 0.15) is 5.69 Å². The van der Waals surface area contributed by atoms with Crippen LogP contribution in [0.3, 0.4) is 0 Å². The number of halogens is 3. The predicted molar refractivity (Wildman–Crippen MR) is 62.2 cm³/mol. The van der Waals surface area contributed by atoms with Crippen LogP contribution in [0.15, 0.2) is 12.1 Å². The maximum atomic E-state index is 12.4. The lowest BCUT2D eigenvalue weighted by Crippen LogP contribution is -2.10. The number of rotatable bonds is 5. The molecule has 0 atom stereocenters. The minimum absolute atomic E-state index is 0.0469. The largest absolute Gasteiger partial charge is 0.466 e. The third-order valence-electron chi connectivity index (χ3n) is 2.08. The number of hydrogen-bond acceptors (Lipinski definition) is 3. The number of ether oxygens (including phenoxy) is 1. The van der Waals surface area contributed by atoms with Crippen molar-refractivity contribution in [2.75, 3.05) is 6.61 Å². The molecule has 0 aliphatic rings. The lowest BCUT2D eigenvalue weighted by molar-refractivity contribution is -0.142. The van der Waals surface area contributed by atoms with Crippen LogP contribution >= 0.6 is 15.9 Å². The molecule has 3 nitrogen and oxygen atoms in total. The van der Waals surface area contributed by atoms with Gasteiger partial charge in [0, 0.05) is 5.33 Å². The average Bonchev–Trinajstić information content (AvgIpc) is 2.29. The van der Waals surface area contributed by atoms with Crippen molar-refractivity contribution in [2.45, 2.75) is 25.1 Å². The first-order valence-corrected chi connectivity index (χ1v) is 6.19. The number of hydrogen-bond donors (Lipinski definition) is 0. The Hall–Kier alpha value is -1.04. The van der Waals surface area contributed by atoms with Crippen LogP contribution in [-0.4, -0.2) is 17.6 Å². The van der Waals surface area contributed by atoms with Crippen molar-refractivity contribution in [3.05, 3.63) is 29.1 Å². The molecule has 1 aromatic rings. The van der Waals surface area contributed by atoms with E-state index in [9.17, 15) is 13.6 Å². The Morgan fingerprint density at radius 3 is 2.76 bits per heavy atom. The highest BCUT2D eigenvalue weighted by molar-refractivity contribution is 9.08. The second-order valence-electron chi connectivity index (χ2n) is 3.26. The Kier molecular flexibility index (Phi) is 5.47. The van der Waals surface area contributed by atoms with E-state index in [4.69, 9.17) is 4.74 Å². The van der Waals surface area contributed by atoms with E-state index in [-0.39, 0.29) is 18.1 Å². The highest BCUT2D eigenvalue weighted by atomic mass is 79.9. The first kappa shape index (κ1) is 14.0. The first-order chi connectivity index (χ1) is 8.08. The van der Waals surface area contributed by atoms with Gasteiger partial charge in [-0.05, 0) is 18.6 Å². The van der Waals surface area contributed by atoms with Crippen LogP contribution in [0.5, 0.6) is 0 Å². The molecule has 0 aromatic carbocycles. The standard InChI is InChI=1S/C11H12BrF2NO2/c1-2-17-10(16)5-7-3-4-8(11(13)14)15-9(7)6-12/h3-4,11H,2,5-6H2,1H3. The summed E-state index contributed by atoms with van der Waals surface area (Å²) in [6.45, 7) is 2.01. The molecule has 6 heteroatoms. The third-order valence-corrected chi connectivity index (χ3v) is 2.61. The summed E-state index contributed by atoms with van der Waals surface area (Å²) in [5.41, 5.74) is 0.757. The third kappa shape index (κ3) is 4.03. The van der Waals surface area contributed by atoms with E-state index in [0.717, 1.165) is 0 Å². The summed E-state index contributed by atoms with van der Waals surface area (Å²) in [4.78, 5) is 15.1. The molecule has 0 N–H and O–H groups in total. The van der Waals surface area contributed by atoms with Crippen molar-refractivity contribution >= 4 is 21.9 Å². The Morgan fingerprint density at radius 1 is 1.53 bits per heavy atom. The fourth-order valence-corrected chi connectivity index (χ4v) is 1.80. The van der Waals surface area contributed by atoms with Crippen molar-refractivity contribution in [1.82, 2.24) is 4.98 Å². The van der Waals surface area contributed by atoms with Gasteiger partial charge in [-0.1, -0.05) is 22.0 Å². The molecule has 0 fully saturated rings. The number of nitrogens with zero attached hydrogens (tertiary/aromatic N) is 1. The van der Waals surface area contributed by atoms with Crippen LogP contribution in [0.25, 0.3) is 0 Å². The Labute approximate surface area is 106 Å². The zero-order chi connectivity index (χ0) is 12.8. The van der Waals surface area contributed by atoms with E-state index in [1.54, 1.807) is 6.92 Å². The Balaban J connectivity index is 2.89. The minimum atomic E-state index is -2.61. The van der Waals surface area contributed by atoms with Gasteiger partial charge in [0.05, 0.1) is 18.7 Å². The quantitative estimate of drug-likeness (QED) is 0.620. The molecule has 0 unspecified atom stereocenters. The molecule has 1 aromatic heterocycles. The van der Waals surface area contributed by atoms with Crippen molar-refractivity contribution < 1.29 is 18.3 Å². The Morgan fingerprint density at radius 2 is 2.24 bits per heavy atom. The summed E-state index contributed by atoms with van der Waals surface area (Å²) in [7, 11) is 0. The molecule has 94 valence electrons. The molecule has 0 bridgehead atoms. The lowest BCUT2D eigenvalue weighted by atomic mass is 10.1. The van der Waals surface area contributed by atoms with Crippen molar-refractivity contribution in [3.8, 4) is 0 Å². The van der Waals surface area contributed by atoms with Gasteiger partial charge in [0.25, 0.3) is 6.43 Å². The molecule has 1 rings (SSSR count). The lowest BCUT2D eigenvalue weighted by Gasteiger charge is -2.08. The molecule has 0 spiro atoms. The predicted octanol–water partition coefficient (Wildman–Crippen LogP) is 3.02. The van der Waals surface area contributed by atoms with Crippen molar-refractivity contribution in [3.63, 3.8) is 0 Å². The van der Waals surface area contributed by atoms with E-state index < -0.39 is 6.43 Å². The molecule has 0 saturated carbocycles. The van der Waals surface area contributed by atoms with Gasteiger partial charge in [0.2, 0.25) is 0 Å². The van der Waals surface area contributed by atoms with E-state index in [1.165, 1.54) is 12.1 Å². The SMILES string of the molecule is CCOC(=O)Cc1ccc(C(F)F)nc1CBr. The summed E-state index contributed by atoms with van der Waals surface area (Å²) < 4.78 is 29.7. The molecule has 0 saturated heterocycles. The number of alkyl halides is 3. The molecule has 0 amide bonds. The number of pyridine rings is 1. The van der Waals surface area contributed by atoms with Crippen LogP contribution in [0.2, 0.25) is 0 Å². The molecular formula is C11H12BrF2NO2. The van der Waals surface area contributed by atoms with Crippen LogP contribution in [0.4, 0.5) is 8.78 Å². The van der Waals surface area contributed by atoms with Crippen LogP contribution in [0.1, 0.15) is 30.3 Å². The van der Waals surface area contributed by atoms with Gasteiger partial charge in [-0.2, -0.15) is 0 Å². The highest BCUT2D eigenvalue weighted by Gasteiger charge is 2.14. The second kappa shape index (κ2) is 6.64. The zero-order valence-electron chi connectivity index (χ0n) is 9.25. The fourth-order valence-electron chi connectivity index (χ4n) is 1.31. The van der Waals surface area contributed by atoms with Crippen LogP contribution < -0.4 is 0 Å². The number of carbonyl (C=O) groups excluding carboxylic acids is 1. The van der Waals surface area contributed by atoms with E-state index in [2.05, 4.69) is 20.9 Å². The molecule has 0 aliphatic carbocycles. The topological polar surface area (TPSA) is 39.2 Å². The van der Waals surface area contributed by atoms with E-state index in [1.807, 2.05) is 0 Å². The monoisotopic (exact) mass is 307 g/mol. The molecule has 17 heavy (non-hydrogen) atoms. The van der Waals surface area contributed by atoms with E-state index >= 15 is 0 Å². The minimum Gasteiger partial charge on any atom is -0.466 e. The molecule has 0 aliphatic heterocycles. The molecular weight excluding hydrogens is 296 g/mol. The first-order valence-electron chi connectivity index (χ1n) is 5.06.